The average Bonchev–Trinajstić information content (AvgIpc) is 3.28. The lowest BCUT2D eigenvalue weighted by Crippen LogP contribution is -2.42. The van der Waals surface area contributed by atoms with Crippen LogP contribution >= 0.6 is 0 Å². The Bertz CT molecular complexity index is 1250. The van der Waals surface area contributed by atoms with Gasteiger partial charge < -0.3 is 20.2 Å². The van der Waals surface area contributed by atoms with Gasteiger partial charge >= 0.3 is 11.8 Å². The predicted molar refractivity (Wildman–Crippen MR) is 134 cm³/mol. The van der Waals surface area contributed by atoms with Gasteiger partial charge in [-0.1, -0.05) is 54.6 Å². The average molecular weight is 454 g/mol. The molecule has 2 N–H and O–H groups in total. The number of hydrogen-bond acceptors (Lipinski definition) is 4. The van der Waals surface area contributed by atoms with Crippen LogP contribution in [0.5, 0.6) is 5.75 Å². The van der Waals surface area contributed by atoms with Crippen LogP contribution in [0.25, 0.3) is 5.57 Å². The Hall–Kier alpha value is -4.06. The Morgan fingerprint density at radius 1 is 0.882 bits per heavy atom. The molecule has 0 fully saturated rings. The highest BCUT2D eigenvalue weighted by atomic mass is 16.3. The Morgan fingerprint density at radius 2 is 1.65 bits per heavy atom. The zero-order chi connectivity index (χ0) is 23.5. The molecule has 3 aromatic carbocycles. The molecule has 0 atom stereocenters. The first-order valence-corrected chi connectivity index (χ1v) is 11.6. The molecule has 172 valence electrons. The minimum atomic E-state index is -0.615. The van der Waals surface area contributed by atoms with E-state index in [-0.39, 0.29) is 5.75 Å². The van der Waals surface area contributed by atoms with Crippen molar-refractivity contribution in [2.24, 2.45) is 0 Å². The van der Waals surface area contributed by atoms with Crippen LogP contribution in [0.1, 0.15) is 23.1 Å². The number of para-hydroxylation sites is 2. The lowest BCUT2D eigenvalue weighted by atomic mass is 9.99. The van der Waals surface area contributed by atoms with E-state index >= 15 is 0 Å². The fraction of sp³-hybridized carbons (Fsp3) is 0.214. The standard InChI is InChI=1S/C28H27N3O3/c32-24-11-9-20(10-12-24)21-13-16-30(17-14-21)28(34)27(33)29-25-7-3-1-6-23(25)19-31-18-15-22-5-2-4-8-26(22)31/h1-13,32H,14-19H2,(H,29,33). The minimum Gasteiger partial charge on any atom is -0.508 e. The van der Waals surface area contributed by atoms with Gasteiger partial charge in [-0.2, -0.15) is 0 Å². The molecule has 0 radical (unpaired) electrons. The van der Waals surface area contributed by atoms with Gasteiger partial charge in [0.1, 0.15) is 5.75 Å². The number of hydrogen-bond donors (Lipinski definition) is 2. The number of anilines is 2. The van der Waals surface area contributed by atoms with E-state index in [1.54, 1.807) is 17.0 Å². The third kappa shape index (κ3) is 4.53. The fourth-order valence-electron chi connectivity index (χ4n) is 4.67. The molecule has 0 aromatic heterocycles. The summed E-state index contributed by atoms with van der Waals surface area (Å²) in [5.41, 5.74) is 6.34. The van der Waals surface area contributed by atoms with Crippen molar-refractivity contribution in [1.82, 2.24) is 4.90 Å². The SMILES string of the molecule is O=C(Nc1ccccc1CN1CCc2ccccc21)C(=O)N1CC=C(c2ccc(O)cc2)CC1. The molecule has 0 spiro atoms. The molecule has 34 heavy (non-hydrogen) atoms. The second kappa shape index (κ2) is 9.43. The van der Waals surface area contributed by atoms with Crippen LogP contribution in [0.3, 0.4) is 0 Å². The topological polar surface area (TPSA) is 72.9 Å². The van der Waals surface area contributed by atoms with Crippen molar-refractivity contribution in [2.45, 2.75) is 19.4 Å². The normalized spacial score (nSPS) is 15.0. The summed E-state index contributed by atoms with van der Waals surface area (Å²) in [5, 5.41) is 12.3. The number of carbonyl (C=O) groups is 2. The predicted octanol–water partition coefficient (Wildman–Crippen LogP) is 4.21. The van der Waals surface area contributed by atoms with Crippen LogP contribution in [0, 0.1) is 0 Å². The highest BCUT2D eigenvalue weighted by molar-refractivity contribution is 6.39. The summed E-state index contributed by atoms with van der Waals surface area (Å²) in [6, 6.07) is 23.1. The van der Waals surface area contributed by atoms with Gasteiger partial charge in [0.2, 0.25) is 0 Å². The monoisotopic (exact) mass is 453 g/mol. The van der Waals surface area contributed by atoms with Gasteiger partial charge in [0.15, 0.2) is 0 Å². The number of phenols is 1. The van der Waals surface area contributed by atoms with Crippen LogP contribution < -0.4 is 10.2 Å². The molecule has 6 nitrogen and oxygen atoms in total. The van der Waals surface area contributed by atoms with Gasteiger partial charge in [0.05, 0.1) is 0 Å². The number of fused-ring (bicyclic) bond motifs is 1. The zero-order valence-corrected chi connectivity index (χ0v) is 18.9. The van der Waals surface area contributed by atoms with E-state index in [2.05, 4.69) is 28.4 Å². The van der Waals surface area contributed by atoms with E-state index in [1.165, 1.54) is 11.3 Å². The molecule has 0 aliphatic carbocycles. The van der Waals surface area contributed by atoms with Crippen LogP contribution in [-0.2, 0) is 22.6 Å². The molecule has 0 bridgehead atoms. The number of nitrogens with one attached hydrogen (secondary N) is 1. The Kier molecular flexibility index (Phi) is 6.04. The van der Waals surface area contributed by atoms with E-state index < -0.39 is 11.8 Å². The summed E-state index contributed by atoms with van der Waals surface area (Å²) in [7, 11) is 0. The molecular weight excluding hydrogens is 426 g/mol. The molecule has 0 saturated heterocycles. The molecular formula is C28H27N3O3. The summed E-state index contributed by atoms with van der Waals surface area (Å²) in [6.45, 7) is 2.47. The molecule has 3 aromatic rings. The third-order valence-corrected chi connectivity index (χ3v) is 6.54. The van der Waals surface area contributed by atoms with E-state index in [9.17, 15) is 14.7 Å². The highest BCUT2D eigenvalue weighted by Crippen LogP contribution is 2.30. The highest BCUT2D eigenvalue weighted by Gasteiger charge is 2.25. The number of amides is 2. The Morgan fingerprint density at radius 3 is 2.44 bits per heavy atom. The molecule has 2 aliphatic rings. The number of carbonyl (C=O) groups excluding carboxylic acids is 2. The van der Waals surface area contributed by atoms with E-state index in [0.29, 0.717) is 31.7 Å². The molecule has 2 amide bonds. The minimum absolute atomic E-state index is 0.225. The van der Waals surface area contributed by atoms with E-state index in [1.807, 2.05) is 48.5 Å². The maximum Gasteiger partial charge on any atom is 0.313 e. The number of benzene rings is 3. The second-order valence-corrected chi connectivity index (χ2v) is 8.69. The second-order valence-electron chi connectivity index (χ2n) is 8.69. The molecule has 5 rings (SSSR count). The van der Waals surface area contributed by atoms with Crippen LogP contribution in [0.15, 0.2) is 78.9 Å². The Labute approximate surface area is 199 Å². The van der Waals surface area contributed by atoms with Crippen LogP contribution in [0.4, 0.5) is 11.4 Å². The smallest absolute Gasteiger partial charge is 0.313 e. The summed E-state index contributed by atoms with van der Waals surface area (Å²) >= 11 is 0. The largest absolute Gasteiger partial charge is 0.508 e. The van der Waals surface area contributed by atoms with Gasteiger partial charge in [-0.15, -0.1) is 0 Å². The first-order chi connectivity index (χ1) is 16.6. The van der Waals surface area contributed by atoms with Gasteiger partial charge in [-0.25, -0.2) is 0 Å². The molecule has 0 saturated carbocycles. The van der Waals surface area contributed by atoms with Crippen molar-refractivity contribution in [3.05, 3.63) is 95.6 Å². The van der Waals surface area contributed by atoms with E-state index in [0.717, 1.165) is 29.7 Å². The summed E-state index contributed by atoms with van der Waals surface area (Å²) in [4.78, 5) is 29.6. The number of aromatic hydroxyl groups is 1. The Balaban J connectivity index is 1.24. The number of phenolic OH excluding ortho intramolecular Hbond substituents is 1. The summed E-state index contributed by atoms with van der Waals surface area (Å²) < 4.78 is 0. The van der Waals surface area contributed by atoms with Gasteiger partial charge in [0, 0.05) is 37.6 Å². The van der Waals surface area contributed by atoms with Crippen molar-refractivity contribution in [1.29, 1.82) is 0 Å². The van der Waals surface area contributed by atoms with Crippen molar-refractivity contribution in [2.75, 3.05) is 29.9 Å². The van der Waals surface area contributed by atoms with Crippen LogP contribution in [0.2, 0.25) is 0 Å². The van der Waals surface area contributed by atoms with Gasteiger partial charge in [-0.3, -0.25) is 9.59 Å². The first-order valence-electron chi connectivity index (χ1n) is 11.6. The molecule has 2 aliphatic heterocycles. The zero-order valence-electron chi connectivity index (χ0n) is 18.9. The quantitative estimate of drug-likeness (QED) is 0.581. The summed E-state index contributed by atoms with van der Waals surface area (Å²) in [5.74, 6) is -0.916. The van der Waals surface area contributed by atoms with Crippen molar-refractivity contribution in [3.8, 4) is 5.75 Å². The first kappa shape index (κ1) is 21.8. The maximum absolute atomic E-state index is 12.9. The lowest BCUT2D eigenvalue weighted by molar-refractivity contribution is -0.142. The van der Waals surface area contributed by atoms with Gasteiger partial charge in [0.25, 0.3) is 0 Å². The molecule has 2 heterocycles. The van der Waals surface area contributed by atoms with Crippen molar-refractivity contribution >= 4 is 28.8 Å². The third-order valence-electron chi connectivity index (χ3n) is 6.54. The van der Waals surface area contributed by atoms with E-state index in [4.69, 9.17) is 0 Å². The van der Waals surface area contributed by atoms with Gasteiger partial charge in [-0.05, 0) is 59.4 Å². The fourth-order valence-corrected chi connectivity index (χ4v) is 4.67. The lowest BCUT2D eigenvalue weighted by Gasteiger charge is -2.26. The molecule has 6 heteroatoms. The maximum atomic E-state index is 12.9. The number of rotatable bonds is 4. The van der Waals surface area contributed by atoms with Crippen molar-refractivity contribution in [3.63, 3.8) is 0 Å². The molecule has 0 unspecified atom stereocenters. The van der Waals surface area contributed by atoms with Crippen molar-refractivity contribution < 1.29 is 14.7 Å². The van der Waals surface area contributed by atoms with Crippen LogP contribution in [-0.4, -0.2) is 41.5 Å². The summed E-state index contributed by atoms with van der Waals surface area (Å²) in [6.07, 6.45) is 3.65. The number of nitrogens with zero attached hydrogens (tertiary/aromatic N) is 2.